The van der Waals surface area contributed by atoms with Crippen molar-refractivity contribution in [1.29, 1.82) is 0 Å². The summed E-state index contributed by atoms with van der Waals surface area (Å²) < 4.78 is 0. The van der Waals surface area contributed by atoms with E-state index in [1.807, 2.05) is 12.1 Å². The van der Waals surface area contributed by atoms with Gasteiger partial charge in [0.25, 0.3) is 0 Å². The number of rotatable bonds is 6. The molecular weight excluding hydrogens is 274 g/mol. The number of aryl methyl sites for hydroxylation is 1. The standard InChI is InChI=1S/C16H20ClNS/c1-3-8-18-16(14-11-19-10-12(14)2)9-13-6-4-5-7-15(13)17/h4-7,10-11,16,18H,3,8-9H2,1-2H3. The lowest BCUT2D eigenvalue weighted by Crippen LogP contribution is -2.24. The number of halogens is 1. The number of thiophene rings is 1. The molecule has 1 heterocycles. The molecule has 2 rings (SSSR count). The molecule has 0 saturated carbocycles. The number of nitrogens with one attached hydrogen (secondary N) is 1. The van der Waals surface area contributed by atoms with Gasteiger partial charge in [-0.25, -0.2) is 0 Å². The zero-order chi connectivity index (χ0) is 13.7. The van der Waals surface area contributed by atoms with Crippen molar-refractivity contribution in [3.05, 3.63) is 56.7 Å². The van der Waals surface area contributed by atoms with Crippen LogP contribution in [0, 0.1) is 6.92 Å². The quantitative estimate of drug-likeness (QED) is 0.791. The summed E-state index contributed by atoms with van der Waals surface area (Å²) >= 11 is 8.05. The minimum Gasteiger partial charge on any atom is -0.310 e. The Bertz CT molecular complexity index is 521. The molecule has 1 nitrogen and oxygen atoms in total. The summed E-state index contributed by atoms with van der Waals surface area (Å²) in [5.41, 5.74) is 3.98. The first-order valence-corrected chi connectivity index (χ1v) is 8.04. The van der Waals surface area contributed by atoms with E-state index in [9.17, 15) is 0 Å². The summed E-state index contributed by atoms with van der Waals surface area (Å²) in [6.07, 6.45) is 2.08. The van der Waals surface area contributed by atoms with Crippen molar-refractivity contribution >= 4 is 22.9 Å². The van der Waals surface area contributed by atoms with E-state index < -0.39 is 0 Å². The van der Waals surface area contributed by atoms with Gasteiger partial charge < -0.3 is 5.32 Å². The molecule has 19 heavy (non-hydrogen) atoms. The molecule has 2 aromatic rings. The monoisotopic (exact) mass is 293 g/mol. The van der Waals surface area contributed by atoms with E-state index in [0.29, 0.717) is 6.04 Å². The van der Waals surface area contributed by atoms with Gasteiger partial charge in [-0.15, -0.1) is 0 Å². The van der Waals surface area contributed by atoms with Gasteiger partial charge in [0, 0.05) is 11.1 Å². The Balaban J connectivity index is 2.19. The lowest BCUT2D eigenvalue weighted by Gasteiger charge is -2.19. The molecular formula is C16H20ClNS. The van der Waals surface area contributed by atoms with Crippen LogP contribution in [-0.2, 0) is 6.42 Å². The predicted octanol–water partition coefficient (Wildman–Crippen LogP) is 4.99. The van der Waals surface area contributed by atoms with E-state index >= 15 is 0 Å². The summed E-state index contributed by atoms with van der Waals surface area (Å²) in [5.74, 6) is 0. The summed E-state index contributed by atoms with van der Waals surface area (Å²) in [6, 6.07) is 8.47. The molecule has 0 aliphatic heterocycles. The van der Waals surface area contributed by atoms with Crippen molar-refractivity contribution in [2.24, 2.45) is 0 Å². The van der Waals surface area contributed by atoms with E-state index in [4.69, 9.17) is 11.6 Å². The maximum absolute atomic E-state index is 6.28. The molecule has 1 aromatic carbocycles. The summed E-state index contributed by atoms with van der Waals surface area (Å²) in [6.45, 7) is 5.41. The minimum absolute atomic E-state index is 0.353. The largest absolute Gasteiger partial charge is 0.310 e. The van der Waals surface area contributed by atoms with Crippen LogP contribution in [0.1, 0.15) is 36.1 Å². The molecule has 1 unspecified atom stereocenters. The summed E-state index contributed by atoms with van der Waals surface area (Å²) in [7, 11) is 0. The van der Waals surface area contributed by atoms with Gasteiger partial charge in [-0.1, -0.05) is 36.7 Å². The second-order valence-corrected chi connectivity index (χ2v) is 5.96. The van der Waals surface area contributed by atoms with Crippen molar-refractivity contribution in [3.63, 3.8) is 0 Å². The molecule has 3 heteroatoms. The van der Waals surface area contributed by atoms with Gasteiger partial charge in [0.05, 0.1) is 0 Å². The third-order valence-electron chi connectivity index (χ3n) is 3.29. The van der Waals surface area contributed by atoms with Crippen LogP contribution in [-0.4, -0.2) is 6.54 Å². The van der Waals surface area contributed by atoms with Gasteiger partial charge in [0.15, 0.2) is 0 Å². The first kappa shape index (κ1) is 14.6. The molecule has 1 atom stereocenters. The van der Waals surface area contributed by atoms with Gasteiger partial charge >= 0.3 is 0 Å². The lowest BCUT2D eigenvalue weighted by molar-refractivity contribution is 0.528. The van der Waals surface area contributed by atoms with E-state index in [2.05, 4.69) is 42.1 Å². The second kappa shape index (κ2) is 7.09. The lowest BCUT2D eigenvalue weighted by atomic mass is 9.98. The normalized spacial score (nSPS) is 12.6. The van der Waals surface area contributed by atoms with Crippen molar-refractivity contribution in [2.75, 3.05) is 6.54 Å². The Morgan fingerprint density at radius 2 is 2.05 bits per heavy atom. The van der Waals surface area contributed by atoms with E-state index in [0.717, 1.165) is 24.4 Å². The Morgan fingerprint density at radius 1 is 1.26 bits per heavy atom. The van der Waals surface area contributed by atoms with Crippen LogP contribution in [0.4, 0.5) is 0 Å². The predicted molar refractivity (Wildman–Crippen MR) is 85.2 cm³/mol. The minimum atomic E-state index is 0.353. The van der Waals surface area contributed by atoms with Crippen molar-refractivity contribution < 1.29 is 0 Å². The zero-order valence-electron chi connectivity index (χ0n) is 11.4. The first-order valence-electron chi connectivity index (χ1n) is 6.71. The molecule has 0 amide bonds. The second-order valence-electron chi connectivity index (χ2n) is 4.81. The van der Waals surface area contributed by atoms with Gasteiger partial charge in [-0.2, -0.15) is 11.3 Å². The molecule has 1 N–H and O–H groups in total. The van der Waals surface area contributed by atoms with Gasteiger partial charge in [0.1, 0.15) is 0 Å². The molecule has 0 fully saturated rings. The SMILES string of the molecule is CCCNC(Cc1ccccc1Cl)c1cscc1C. The smallest absolute Gasteiger partial charge is 0.0438 e. The maximum Gasteiger partial charge on any atom is 0.0438 e. The van der Waals surface area contributed by atoms with E-state index in [-0.39, 0.29) is 0 Å². The number of hydrogen-bond donors (Lipinski definition) is 1. The topological polar surface area (TPSA) is 12.0 Å². The summed E-state index contributed by atoms with van der Waals surface area (Å²) in [4.78, 5) is 0. The van der Waals surface area contributed by atoms with Crippen LogP contribution >= 0.6 is 22.9 Å². The van der Waals surface area contributed by atoms with Gasteiger partial charge in [-0.05, 0) is 59.8 Å². The Morgan fingerprint density at radius 3 is 2.68 bits per heavy atom. The highest BCUT2D eigenvalue weighted by molar-refractivity contribution is 7.08. The molecule has 0 radical (unpaired) electrons. The van der Waals surface area contributed by atoms with Gasteiger partial charge in [0.2, 0.25) is 0 Å². The van der Waals surface area contributed by atoms with Crippen LogP contribution in [0.15, 0.2) is 35.0 Å². The van der Waals surface area contributed by atoms with Crippen molar-refractivity contribution in [3.8, 4) is 0 Å². The van der Waals surface area contributed by atoms with Gasteiger partial charge in [-0.3, -0.25) is 0 Å². The highest BCUT2D eigenvalue weighted by atomic mass is 35.5. The Labute approximate surface area is 124 Å². The van der Waals surface area contributed by atoms with Crippen molar-refractivity contribution in [2.45, 2.75) is 32.7 Å². The fourth-order valence-corrected chi connectivity index (χ4v) is 3.34. The molecule has 0 saturated heterocycles. The van der Waals surface area contributed by atoms with Crippen molar-refractivity contribution in [1.82, 2.24) is 5.32 Å². The zero-order valence-corrected chi connectivity index (χ0v) is 13.0. The number of hydrogen-bond acceptors (Lipinski definition) is 2. The Kier molecular flexibility index (Phi) is 5.44. The third kappa shape index (κ3) is 3.82. The van der Waals surface area contributed by atoms with Crippen LogP contribution < -0.4 is 5.32 Å². The summed E-state index contributed by atoms with van der Waals surface area (Å²) in [5, 5.41) is 8.96. The average Bonchev–Trinajstić information content (AvgIpc) is 2.83. The molecule has 1 aromatic heterocycles. The molecule has 0 aliphatic carbocycles. The van der Waals surface area contributed by atoms with Crippen LogP contribution in [0.3, 0.4) is 0 Å². The molecule has 0 spiro atoms. The van der Waals surface area contributed by atoms with E-state index in [1.165, 1.54) is 16.7 Å². The molecule has 0 aliphatic rings. The molecule has 0 bridgehead atoms. The first-order chi connectivity index (χ1) is 9.22. The molecule has 102 valence electrons. The fourth-order valence-electron chi connectivity index (χ4n) is 2.22. The van der Waals surface area contributed by atoms with E-state index in [1.54, 1.807) is 11.3 Å². The highest BCUT2D eigenvalue weighted by Crippen LogP contribution is 2.27. The number of benzene rings is 1. The average molecular weight is 294 g/mol. The maximum atomic E-state index is 6.28. The Hall–Kier alpha value is -0.830. The fraction of sp³-hybridized carbons (Fsp3) is 0.375. The third-order valence-corrected chi connectivity index (χ3v) is 4.54. The highest BCUT2D eigenvalue weighted by Gasteiger charge is 2.15. The van der Waals surface area contributed by atoms with Crippen LogP contribution in [0.2, 0.25) is 5.02 Å². The van der Waals surface area contributed by atoms with Crippen LogP contribution in [0.25, 0.3) is 0 Å². The van der Waals surface area contributed by atoms with Crippen LogP contribution in [0.5, 0.6) is 0 Å².